The minimum atomic E-state index is -0.501. The first-order chi connectivity index (χ1) is 7.69. The van der Waals surface area contributed by atoms with Gasteiger partial charge in [0.1, 0.15) is 6.61 Å². The molecule has 1 aromatic rings. The highest BCUT2D eigenvalue weighted by atomic mass is 16.5. The molecule has 1 rings (SSSR count). The third-order valence-corrected chi connectivity index (χ3v) is 2.24. The highest BCUT2D eigenvalue weighted by molar-refractivity contribution is 5.43. The molecule has 0 radical (unpaired) electrons. The van der Waals surface area contributed by atoms with Crippen LogP contribution >= 0.6 is 0 Å². The van der Waals surface area contributed by atoms with Gasteiger partial charge in [-0.3, -0.25) is 0 Å². The highest BCUT2D eigenvalue weighted by Gasteiger charge is 2.07. The van der Waals surface area contributed by atoms with Crippen LogP contribution < -0.4 is 9.47 Å². The molecule has 0 saturated heterocycles. The Kier molecular flexibility index (Phi) is 4.86. The van der Waals surface area contributed by atoms with Gasteiger partial charge < -0.3 is 14.6 Å². The second-order valence-electron chi connectivity index (χ2n) is 3.47. The summed E-state index contributed by atoms with van der Waals surface area (Å²) in [6.07, 6.45) is 3.34. The van der Waals surface area contributed by atoms with Crippen LogP contribution in [0, 0.1) is 0 Å². The molecular formula is C13H18O3. The summed E-state index contributed by atoms with van der Waals surface area (Å²) in [5.74, 6) is 1.33. The van der Waals surface area contributed by atoms with Crippen molar-refractivity contribution < 1.29 is 14.6 Å². The summed E-state index contributed by atoms with van der Waals surface area (Å²) in [4.78, 5) is 0. The molecule has 1 aromatic carbocycles. The van der Waals surface area contributed by atoms with Gasteiger partial charge in [0.05, 0.1) is 13.2 Å². The standard InChI is InChI=1S/C13H18O3/c1-4-5-8-16-12-7-6-11(10(2)14)9-13(12)15-3/h4-7,9-10,14H,8H2,1-3H3/b5-4+. The molecule has 0 aromatic heterocycles. The number of ether oxygens (including phenoxy) is 2. The number of methoxy groups -OCH3 is 1. The molecule has 0 amide bonds. The van der Waals surface area contributed by atoms with Crippen molar-refractivity contribution in [3.63, 3.8) is 0 Å². The molecule has 0 bridgehead atoms. The van der Waals surface area contributed by atoms with Crippen molar-refractivity contribution in [2.24, 2.45) is 0 Å². The van der Waals surface area contributed by atoms with Crippen molar-refractivity contribution in [1.29, 1.82) is 0 Å². The van der Waals surface area contributed by atoms with Crippen LogP contribution in [-0.4, -0.2) is 18.8 Å². The summed E-state index contributed by atoms with van der Waals surface area (Å²) in [7, 11) is 1.59. The van der Waals surface area contributed by atoms with Gasteiger partial charge in [-0.05, 0) is 31.5 Å². The molecule has 3 heteroatoms. The molecule has 0 fully saturated rings. The lowest BCUT2D eigenvalue weighted by atomic mass is 10.1. The molecular weight excluding hydrogens is 204 g/mol. The van der Waals surface area contributed by atoms with Crippen LogP contribution in [0.25, 0.3) is 0 Å². The Morgan fingerprint density at radius 2 is 2.12 bits per heavy atom. The molecule has 0 aliphatic rings. The Hall–Kier alpha value is -1.48. The fourth-order valence-corrected chi connectivity index (χ4v) is 1.30. The Bertz CT molecular complexity index is 356. The molecule has 1 atom stereocenters. The summed E-state index contributed by atoms with van der Waals surface area (Å²) < 4.78 is 10.7. The van der Waals surface area contributed by atoms with E-state index in [1.54, 1.807) is 20.1 Å². The summed E-state index contributed by atoms with van der Waals surface area (Å²) in [5, 5.41) is 9.44. The zero-order valence-electron chi connectivity index (χ0n) is 9.93. The smallest absolute Gasteiger partial charge is 0.161 e. The number of benzene rings is 1. The van der Waals surface area contributed by atoms with Gasteiger partial charge in [-0.2, -0.15) is 0 Å². The topological polar surface area (TPSA) is 38.7 Å². The molecule has 0 aliphatic heterocycles. The van der Waals surface area contributed by atoms with Gasteiger partial charge in [-0.15, -0.1) is 0 Å². The maximum atomic E-state index is 9.44. The van der Waals surface area contributed by atoms with Crippen molar-refractivity contribution >= 4 is 0 Å². The molecule has 0 heterocycles. The fourth-order valence-electron chi connectivity index (χ4n) is 1.30. The minimum absolute atomic E-state index is 0.501. The van der Waals surface area contributed by atoms with Crippen molar-refractivity contribution in [3.8, 4) is 11.5 Å². The van der Waals surface area contributed by atoms with Crippen molar-refractivity contribution in [1.82, 2.24) is 0 Å². The molecule has 0 saturated carbocycles. The number of rotatable bonds is 5. The maximum absolute atomic E-state index is 9.44. The van der Waals surface area contributed by atoms with Gasteiger partial charge >= 0.3 is 0 Å². The van der Waals surface area contributed by atoms with Crippen LogP contribution in [0.3, 0.4) is 0 Å². The average molecular weight is 222 g/mol. The second-order valence-corrected chi connectivity index (χ2v) is 3.47. The number of allylic oxidation sites excluding steroid dienone is 1. The first-order valence-electron chi connectivity index (χ1n) is 5.29. The lowest BCUT2D eigenvalue weighted by Crippen LogP contribution is -1.98. The van der Waals surface area contributed by atoms with Crippen molar-refractivity contribution in [2.75, 3.05) is 13.7 Å². The molecule has 1 unspecified atom stereocenters. The van der Waals surface area contributed by atoms with Gasteiger partial charge in [0.25, 0.3) is 0 Å². The van der Waals surface area contributed by atoms with E-state index in [9.17, 15) is 5.11 Å². The van der Waals surface area contributed by atoms with Crippen molar-refractivity contribution in [2.45, 2.75) is 20.0 Å². The average Bonchev–Trinajstić information content (AvgIpc) is 2.29. The second kappa shape index (κ2) is 6.18. The Labute approximate surface area is 96.3 Å². The Balaban J connectivity index is 2.84. The zero-order valence-corrected chi connectivity index (χ0v) is 9.93. The van der Waals surface area contributed by atoms with Crippen molar-refractivity contribution in [3.05, 3.63) is 35.9 Å². The molecule has 3 nitrogen and oxygen atoms in total. The third-order valence-electron chi connectivity index (χ3n) is 2.24. The van der Waals surface area contributed by atoms with E-state index in [4.69, 9.17) is 9.47 Å². The van der Waals surface area contributed by atoms with Crippen LogP contribution in [-0.2, 0) is 0 Å². The maximum Gasteiger partial charge on any atom is 0.161 e. The minimum Gasteiger partial charge on any atom is -0.493 e. The van der Waals surface area contributed by atoms with Crippen LogP contribution in [0.5, 0.6) is 11.5 Å². The first-order valence-corrected chi connectivity index (χ1v) is 5.29. The van der Waals surface area contributed by atoms with E-state index in [0.29, 0.717) is 18.1 Å². The van der Waals surface area contributed by atoms with E-state index in [1.807, 2.05) is 31.2 Å². The number of aliphatic hydroxyl groups excluding tert-OH is 1. The quantitative estimate of drug-likeness (QED) is 0.778. The van der Waals surface area contributed by atoms with Gasteiger partial charge in [0.2, 0.25) is 0 Å². The Morgan fingerprint density at radius 1 is 1.38 bits per heavy atom. The summed E-state index contributed by atoms with van der Waals surface area (Å²) in [6.45, 7) is 4.17. The van der Waals surface area contributed by atoms with Crippen LogP contribution in [0.1, 0.15) is 25.5 Å². The van der Waals surface area contributed by atoms with Crippen LogP contribution in [0.15, 0.2) is 30.4 Å². The Morgan fingerprint density at radius 3 is 2.69 bits per heavy atom. The van der Waals surface area contributed by atoms with Crippen LogP contribution in [0.2, 0.25) is 0 Å². The van der Waals surface area contributed by atoms with E-state index < -0.39 is 6.10 Å². The summed E-state index contributed by atoms with van der Waals surface area (Å²) in [5.41, 5.74) is 0.815. The molecule has 88 valence electrons. The lowest BCUT2D eigenvalue weighted by molar-refractivity contribution is 0.198. The summed E-state index contributed by atoms with van der Waals surface area (Å²) >= 11 is 0. The zero-order chi connectivity index (χ0) is 12.0. The SMILES string of the molecule is C/C=C/COc1ccc(C(C)O)cc1OC. The van der Waals surface area contributed by atoms with Gasteiger partial charge in [0, 0.05) is 0 Å². The fraction of sp³-hybridized carbons (Fsp3) is 0.385. The van der Waals surface area contributed by atoms with E-state index in [2.05, 4.69) is 0 Å². The number of hydrogen-bond donors (Lipinski definition) is 1. The first kappa shape index (κ1) is 12.6. The van der Waals surface area contributed by atoms with Gasteiger partial charge in [0.15, 0.2) is 11.5 Å². The number of aliphatic hydroxyl groups is 1. The third kappa shape index (κ3) is 3.28. The lowest BCUT2D eigenvalue weighted by Gasteiger charge is -2.12. The van der Waals surface area contributed by atoms with E-state index in [-0.39, 0.29) is 0 Å². The predicted octanol–water partition coefficient (Wildman–Crippen LogP) is 2.70. The van der Waals surface area contributed by atoms with E-state index >= 15 is 0 Å². The molecule has 0 spiro atoms. The largest absolute Gasteiger partial charge is 0.493 e. The van der Waals surface area contributed by atoms with E-state index in [0.717, 1.165) is 5.56 Å². The summed E-state index contributed by atoms with van der Waals surface area (Å²) in [6, 6.07) is 5.43. The highest BCUT2D eigenvalue weighted by Crippen LogP contribution is 2.30. The van der Waals surface area contributed by atoms with E-state index in [1.165, 1.54) is 0 Å². The molecule has 0 aliphatic carbocycles. The van der Waals surface area contributed by atoms with Crippen LogP contribution in [0.4, 0.5) is 0 Å². The monoisotopic (exact) mass is 222 g/mol. The molecule has 16 heavy (non-hydrogen) atoms. The van der Waals surface area contributed by atoms with Gasteiger partial charge in [-0.1, -0.05) is 18.2 Å². The molecule has 1 N–H and O–H groups in total. The normalized spacial score (nSPS) is 12.8. The number of hydrogen-bond acceptors (Lipinski definition) is 3. The van der Waals surface area contributed by atoms with Gasteiger partial charge in [-0.25, -0.2) is 0 Å². The predicted molar refractivity (Wildman–Crippen MR) is 63.9 cm³/mol.